The molecule has 2 unspecified atom stereocenters. The van der Waals surface area contributed by atoms with Gasteiger partial charge < -0.3 is 4.74 Å². The fraction of sp³-hybridized carbons (Fsp3) is 0.700. The molecule has 0 bridgehead atoms. The van der Waals surface area contributed by atoms with E-state index in [0.29, 0.717) is 12.3 Å². The van der Waals surface area contributed by atoms with Crippen LogP contribution >= 0.6 is 0 Å². The summed E-state index contributed by atoms with van der Waals surface area (Å²) >= 11 is 0. The van der Waals surface area contributed by atoms with Gasteiger partial charge in [-0.3, -0.25) is 4.79 Å². The number of rotatable bonds is 0. The quantitative estimate of drug-likeness (QED) is 0.550. The first-order chi connectivity index (χ1) is 5.70. The van der Waals surface area contributed by atoms with Crippen molar-refractivity contribution in [2.24, 2.45) is 5.92 Å². The molecule has 0 aromatic heterocycles. The van der Waals surface area contributed by atoms with E-state index in [2.05, 4.69) is 6.92 Å². The summed E-state index contributed by atoms with van der Waals surface area (Å²) < 4.78 is 5.57. The Kier molecular flexibility index (Phi) is 1.71. The van der Waals surface area contributed by atoms with Gasteiger partial charge in [0, 0.05) is 6.08 Å². The molecule has 0 N–H and O–H groups in total. The Bertz CT molecular complexity index is 232. The standard InChI is InChI=1S/C10H14O2/c1-8-2-4-10(6-8)7-9(11)3-5-12-10/h3,5,8H,2,4,6-7H2,1H3. The molecule has 0 saturated heterocycles. The molecule has 1 heterocycles. The van der Waals surface area contributed by atoms with Crippen LogP contribution in [0.3, 0.4) is 0 Å². The lowest BCUT2D eigenvalue weighted by atomic mass is 9.92. The third kappa shape index (κ3) is 1.26. The third-order valence-electron chi connectivity index (χ3n) is 2.88. The largest absolute Gasteiger partial charge is 0.494 e. The van der Waals surface area contributed by atoms with Crippen molar-refractivity contribution in [2.45, 2.75) is 38.2 Å². The van der Waals surface area contributed by atoms with Gasteiger partial charge in [-0.2, -0.15) is 0 Å². The van der Waals surface area contributed by atoms with E-state index in [9.17, 15) is 4.79 Å². The third-order valence-corrected chi connectivity index (χ3v) is 2.88. The van der Waals surface area contributed by atoms with Crippen molar-refractivity contribution >= 4 is 5.78 Å². The van der Waals surface area contributed by atoms with Crippen LogP contribution in [0.2, 0.25) is 0 Å². The van der Waals surface area contributed by atoms with Crippen LogP contribution in [-0.4, -0.2) is 11.4 Å². The summed E-state index contributed by atoms with van der Waals surface area (Å²) in [4.78, 5) is 11.2. The van der Waals surface area contributed by atoms with Crippen LogP contribution in [0.4, 0.5) is 0 Å². The zero-order chi connectivity index (χ0) is 8.60. The molecular weight excluding hydrogens is 152 g/mol. The molecule has 12 heavy (non-hydrogen) atoms. The SMILES string of the molecule is CC1CCC2(CC(=O)C=CO2)C1. The minimum atomic E-state index is -0.120. The monoisotopic (exact) mass is 166 g/mol. The fourth-order valence-corrected chi connectivity index (χ4v) is 2.29. The van der Waals surface area contributed by atoms with E-state index in [-0.39, 0.29) is 11.4 Å². The molecule has 1 saturated carbocycles. The average molecular weight is 166 g/mol. The Morgan fingerprint density at radius 3 is 3.08 bits per heavy atom. The van der Waals surface area contributed by atoms with Crippen LogP contribution in [0, 0.1) is 5.92 Å². The van der Waals surface area contributed by atoms with E-state index >= 15 is 0 Å². The van der Waals surface area contributed by atoms with Gasteiger partial charge in [-0.05, 0) is 25.2 Å². The van der Waals surface area contributed by atoms with Gasteiger partial charge >= 0.3 is 0 Å². The molecule has 2 nitrogen and oxygen atoms in total. The maximum Gasteiger partial charge on any atom is 0.162 e. The van der Waals surface area contributed by atoms with Crippen molar-refractivity contribution < 1.29 is 9.53 Å². The number of carbonyl (C=O) groups excluding carboxylic acids is 1. The van der Waals surface area contributed by atoms with Crippen molar-refractivity contribution in [1.29, 1.82) is 0 Å². The van der Waals surface area contributed by atoms with Gasteiger partial charge in [0.1, 0.15) is 5.60 Å². The lowest BCUT2D eigenvalue weighted by Gasteiger charge is -2.30. The molecule has 1 aliphatic carbocycles. The Morgan fingerprint density at radius 1 is 1.67 bits per heavy atom. The van der Waals surface area contributed by atoms with Gasteiger partial charge in [0.2, 0.25) is 0 Å². The molecule has 2 atom stereocenters. The van der Waals surface area contributed by atoms with Gasteiger partial charge in [-0.1, -0.05) is 6.92 Å². The zero-order valence-electron chi connectivity index (χ0n) is 7.38. The minimum Gasteiger partial charge on any atom is -0.494 e. The number of carbonyl (C=O) groups is 1. The fourth-order valence-electron chi connectivity index (χ4n) is 2.29. The Hall–Kier alpha value is -0.790. The Morgan fingerprint density at radius 2 is 2.50 bits per heavy atom. The highest BCUT2D eigenvalue weighted by Crippen LogP contribution is 2.41. The molecule has 1 aliphatic heterocycles. The second-order valence-corrected chi connectivity index (χ2v) is 4.09. The van der Waals surface area contributed by atoms with Crippen LogP contribution in [0.1, 0.15) is 32.6 Å². The molecule has 0 aromatic rings. The van der Waals surface area contributed by atoms with Crippen LogP contribution < -0.4 is 0 Å². The smallest absolute Gasteiger partial charge is 0.162 e. The molecule has 0 amide bonds. The van der Waals surface area contributed by atoms with Gasteiger partial charge in [0.25, 0.3) is 0 Å². The molecule has 66 valence electrons. The summed E-state index contributed by atoms with van der Waals surface area (Å²) in [5.74, 6) is 0.930. The predicted octanol–water partition coefficient (Wildman–Crippen LogP) is 2.05. The Balaban J connectivity index is 2.13. The molecule has 0 aromatic carbocycles. The van der Waals surface area contributed by atoms with Crippen LogP contribution in [0.25, 0.3) is 0 Å². The summed E-state index contributed by atoms with van der Waals surface area (Å²) in [6.45, 7) is 2.22. The highest BCUT2D eigenvalue weighted by molar-refractivity contribution is 5.90. The summed E-state index contributed by atoms with van der Waals surface area (Å²) in [5, 5.41) is 0. The molecule has 1 fully saturated rings. The van der Waals surface area contributed by atoms with Crippen molar-refractivity contribution in [3.8, 4) is 0 Å². The first-order valence-corrected chi connectivity index (χ1v) is 4.57. The summed E-state index contributed by atoms with van der Waals surface area (Å²) in [6, 6.07) is 0. The topological polar surface area (TPSA) is 26.3 Å². The van der Waals surface area contributed by atoms with Gasteiger partial charge in [0.15, 0.2) is 5.78 Å². The Labute approximate surface area is 72.6 Å². The zero-order valence-corrected chi connectivity index (χ0v) is 7.38. The first-order valence-electron chi connectivity index (χ1n) is 4.57. The normalized spacial score (nSPS) is 40.4. The molecule has 2 aliphatic rings. The highest BCUT2D eigenvalue weighted by Gasteiger charge is 2.41. The van der Waals surface area contributed by atoms with Crippen molar-refractivity contribution in [3.05, 3.63) is 12.3 Å². The summed E-state index contributed by atoms with van der Waals surface area (Å²) in [6.07, 6.45) is 6.99. The van der Waals surface area contributed by atoms with Crippen molar-refractivity contribution in [3.63, 3.8) is 0 Å². The minimum absolute atomic E-state index is 0.120. The van der Waals surface area contributed by atoms with Crippen LogP contribution in [-0.2, 0) is 9.53 Å². The lowest BCUT2D eigenvalue weighted by molar-refractivity contribution is -0.122. The van der Waals surface area contributed by atoms with E-state index < -0.39 is 0 Å². The van der Waals surface area contributed by atoms with E-state index in [1.807, 2.05) is 0 Å². The maximum atomic E-state index is 11.2. The van der Waals surface area contributed by atoms with E-state index in [4.69, 9.17) is 4.74 Å². The summed E-state index contributed by atoms with van der Waals surface area (Å²) in [5.41, 5.74) is -0.120. The average Bonchev–Trinajstić information content (AvgIpc) is 2.32. The number of allylic oxidation sites excluding steroid dienone is 1. The van der Waals surface area contributed by atoms with Crippen molar-refractivity contribution in [1.82, 2.24) is 0 Å². The van der Waals surface area contributed by atoms with Crippen LogP contribution in [0.5, 0.6) is 0 Å². The number of ether oxygens (including phenoxy) is 1. The number of ketones is 1. The summed E-state index contributed by atoms with van der Waals surface area (Å²) in [7, 11) is 0. The number of hydrogen-bond donors (Lipinski definition) is 0. The second-order valence-electron chi connectivity index (χ2n) is 4.09. The van der Waals surface area contributed by atoms with E-state index in [1.165, 1.54) is 12.5 Å². The molecule has 2 rings (SSSR count). The molecule has 1 spiro atoms. The molecule has 0 radical (unpaired) electrons. The molecule has 2 heteroatoms. The lowest BCUT2D eigenvalue weighted by Crippen LogP contribution is -2.32. The predicted molar refractivity (Wildman–Crippen MR) is 45.6 cm³/mol. The van der Waals surface area contributed by atoms with E-state index in [1.54, 1.807) is 6.26 Å². The molecular formula is C10H14O2. The number of hydrogen-bond acceptors (Lipinski definition) is 2. The van der Waals surface area contributed by atoms with Crippen molar-refractivity contribution in [2.75, 3.05) is 0 Å². The second kappa shape index (κ2) is 2.61. The highest BCUT2D eigenvalue weighted by atomic mass is 16.5. The van der Waals surface area contributed by atoms with Gasteiger partial charge in [0.05, 0.1) is 12.7 Å². The first kappa shape index (κ1) is 7.84. The van der Waals surface area contributed by atoms with Gasteiger partial charge in [-0.15, -0.1) is 0 Å². The van der Waals surface area contributed by atoms with E-state index in [0.717, 1.165) is 12.8 Å². The van der Waals surface area contributed by atoms with Gasteiger partial charge in [-0.25, -0.2) is 0 Å². The maximum absolute atomic E-state index is 11.2. The van der Waals surface area contributed by atoms with Crippen LogP contribution in [0.15, 0.2) is 12.3 Å².